The van der Waals surface area contributed by atoms with Gasteiger partial charge in [0.15, 0.2) is 0 Å². The second-order valence-electron chi connectivity index (χ2n) is 8.54. The average molecular weight is 539 g/mol. The van der Waals surface area contributed by atoms with Crippen LogP contribution in [0.3, 0.4) is 0 Å². The molecular formula is C24H32BrN3O4S. The molecule has 0 bridgehead atoms. The lowest BCUT2D eigenvalue weighted by Crippen LogP contribution is -2.51. The smallest absolute Gasteiger partial charge is 0.243 e. The molecule has 0 aromatic heterocycles. The summed E-state index contributed by atoms with van der Waals surface area (Å²) in [6, 6.07) is 13.1. The summed E-state index contributed by atoms with van der Waals surface area (Å²) in [4.78, 5) is 27.6. The van der Waals surface area contributed by atoms with Gasteiger partial charge in [-0.05, 0) is 49.6 Å². The SMILES string of the molecule is Cc1ccc(S(=O)(=O)N(C)CC(=O)N(Cc2cccc(Br)c2)C(C)C(=O)NCC(C)C)cc1. The molecule has 0 fully saturated rings. The van der Waals surface area contributed by atoms with Gasteiger partial charge in [0.1, 0.15) is 6.04 Å². The molecule has 0 saturated carbocycles. The van der Waals surface area contributed by atoms with Gasteiger partial charge in [0.2, 0.25) is 21.8 Å². The van der Waals surface area contributed by atoms with Gasteiger partial charge < -0.3 is 10.2 Å². The number of carbonyl (C=O) groups is 2. The summed E-state index contributed by atoms with van der Waals surface area (Å²) >= 11 is 3.42. The van der Waals surface area contributed by atoms with Crippen LogP contribution in [0.4, 0.5) is 0 Å². The molecule has 0 aliphatic heterocycles. The fourth-order valence-corrected chi connectivity index (χ4v) is 4.69. The molecule has 2 rings (SSSR count). The van der Waals surface area contributed by atoms with E-state index in [9.17, 15) is 18.0 Å². The third-order valence-electron chi connectivity index (χ3n) is 5.18. The van der Waals surface area contributed by atoms with Gasteiger partial charge in [0.25, 0.3) is 0 Å². The minimum Gasteiger partial charge on any atom is -0.354 e. The molecule has 0 spiro atoms. The van der Waals surface area contributed by atoms with Crippen LogP contribution in [0.15, 0.2) is 57.9 Å². The quantitative estimate of drug-likeness (QED) is 0.501. The molecule has 1 atom stereocenters. The Morgan fingerprint density at radius 1 is 1.06 bits per heavy atom. The van der Waals surface area contributed by atoms with Gasteiger partial charge in [0.05, 0.1) is 11.4 Å². The minimum absolute atomic E-state index is 0.115. The lowest BCUT2D eigenvalue weighted by molar-refractivity contribution is -0.140. The van der Waals surface area contributed by atoms with Gasteiger partial charge in [0, 0.05) is 24.6 Å². The first-order chi connectivity index (χ1) is 15.4. The number of aryl methyl sites for hydroxylation is 1. The van der Waals surface area contributed by atoms with Crippen molar-refractivity contribution in [3.8, 4) is 0 Å². The highest BCUT2D eigenvalue weighted by Crippen LogP contribution is 2.18. The number of likely N-dealkylation sites (N-methyl/N-ethyl adjacent to an activating group) is 1. The maximum absolute atomic E-state index is 13.3. The van der Waals surface area contributed by atoms with E-state index in [1.54, 1.807) is 19.1 Å². The van der Waals surface area contributed by atoms with Crippen molar-refractivity contribution in [3.63, 3.8) is 0 Å². The van der Waals surface area contributed by atoms with Crippen LogP contribution in [0, 0.1) is 12.8 Å². The maximum atomic E-state index is 13.3. The van der Waals surface area contributed by atoms with Crippen LogP contribution in [-0.4, -0.2) is 55.6 Å². The zero-order valence-corrected chi connectivity index (χ0v) is 22.1. The van der Waals surface area contributed by atoms with E-state index < -0.39 is 22.0 Å². The van der Waals surface area contributed by atoms with Gasteiger partial charge in [-0.1, -0.05) is 59.6 Å². The van der Waals surface area contributed by atoms with Crippen molar-refractivity contribution in [1.82, 2.24) is 14.5 Å². The maximum Gasteiger partial charge on any atom is 0.243 e. The van der Waals surface area contributed by atoms with E-state index in [2.05, 4.69) is 21.2 Å². The van der Waals surface area contributed by atoms with Crippen molar-refractivity contribution in [2.24, 2.45) is 5.92 Å². The van der Waals surface area contributed by atoms with E-state index in [0.29, 0.717) is 6.54 Å². The van der Waals surface area contributed by atoms with Crippen LogP contribution in [0.25, 0.3) is 0 Å². The van der Waals surface area contributed by atoms with E-state index in [1.807, 2.05) is 45.0 Å². The molecule has 2 aromatic carbocycles. The third kappa shape index (κ3) is 7.65. The molecule has 0 heterocycles. The molecule has 0 aliphatic rings. The highest BCUT2D eigenvalue weighted by molar-refractivity contribution is 9.10. The number of carbonyl (C=O) groups excluding carboxylic acids is 2. The zero-order chi connectivity index (χ0) is 24.8. The summed E-state index contributed by atoms with van der Waals surface area (Å²) in [6.07, 6.45) is 0. The van der Waals surface area contributed by atoms with E-state index >= 15 is 0 Å². The fraction of sp³-hybridized carbons (Fsp3) is 0.417. The summed E-state index contributed by atoms with van der Waals surface area (Å²) in [5, 5.41) is 2.86. The van der Waals surface area contributed by atoms with Crippen molar-refractivity contribution in [3.05, 3.63) is 64.1 Å². The Bertz CT molecular complexity index is 1070. The van der Waals surface area contributed by atoms with Crippen LogP contribution in [0.1, 0.15) is 31.9 Å². The Balaban J connectivity index is 2.25. The molecular weight excluding hydrogens is 506 g/mol. The first-order valence-corrected chi connectivity index (χ1v) is 13.0. The number of nitrogens with one attached hydrogen (secondary N) is 1. The molecule has 180 valence electrons. The molecule has 33 heavy (non-hydrogen) atoms. The van der Waals surface area contributed by atoms with Gasteiger partial charge in [-0.2, -0.15) is 4.31 Å². The van der Waals surface area contributed by atoms with Crippen LogP contribution in [0.5, 0.6) is 0 Å². The Kier molecular flexibility index (Phi) is 9.63. The van der Waals surface area contributed by atoms with Gasteiger partial charge in [-0.25, -0.2) is 8.42 Å². The topological polar surface area (TPSA) is 86.8 Å². The predicted octanol–water partition coefficient (Wildman–Crippen LogP) is 3.57. The fourth-order valence-electron chi connectivity index (χ4n) is 3.12. The van der Waals surface area contributed by atoms with Crippen LogP contribution in [0.2, 0.25) is 0 Å². The number of hydrogen-bond acceptors (Lipinski definition) is 4. The molecule has 0 aliphatic carbocycles. The number of benzene rings is 2. The second-order valence-corrected chi connectivity index (χ2v) is 11.5. The van der Waals surface area contributed by atoms with E-state index in [1.165, 1.54) is 24.1 Å². The third-order valence-corrected chi connectivity index (χ3v) is 7.49. The van der Waals surface area contributed by atoms with Gasteiger partial charge in [-0.15, -0.1) is 0 Å². The molecule has 2 amide bonds. The predicted molar refractivity (Wildman–Crippen MR) is 133 cm³/mol. The summed E-state index contributed by atoms with van der Waals surface area (Å²) in [5.74, 6) is -0.474. The Morgan fingerprint density at radius 2 is 1.70 bits per heavy atom. The van der Waals surface area contributed by atoms with Crippen LogP contribution >= 0.6 is 15.9 Å². The highest BCUT2D eigenvalue weighted by Gasteiger charge is 2.30. The zero-order valence-electron chi connectivity index (χ0n) is 19.7. The molecule has 1 unspecified atom stereocenters. The van der Waals surface area contributed by atoms with E-state index in [4.69, 9.17) is 0 Å². The summed E-state index contributed by atoms with van der Waals surface area (Å²) in [5.41, 5.74) is 1.76. The highest BCUT2D eigenvalue weighted by atomic mass is 79.9. The normalized spacial score (nSPS) is 12.6. The molecule has 7 nitrogen and oxygen atoms in total. The summed E-state index contributed by atoms with van der Waals surface area (Å²) in [6.45, 7) is 7.78. The van der Waals surface area contributed by atoms with Gasteiger partial charge in [-0.3, -0.25) is 9.59 Å². The molecule has 0 radical (unpaired) electrons. The minimum atomic E-state index is -3.85. The summed E-state index contributed by atoms with van der Waals surface area (Å²) in [7, 11) is -2.48. The number of rotatable bonds is 10. The van der Waals surface area contributed by atoms with Crippen LogP contribution < -0.4 is 5.32 Å². The Hall–Kier alpha value is -2.23. The first-order valence-electron chi connectivity index (χ1n) is 10.8. The lowest BCUT2D eigenvalue weighted by atomic mass is 10.1. The van der Waals surface area contributed by atoms with E-state index in [0.717, 1.165) is 19.9 Å². The van der Waals surface area contributed by atoms with Gasteiger partial charge >= 0.3 is 0 Å². The van der Waals surface area contributed by atoms with Crippen molar-refractivity contribution in [1.29, 1.82) is 0 Å². The van der Waals surface area contributed by atoms with Crippen LogP contribution in [-0.2, 0) is 26.2 Å². The number of halogens is 1. The van der Waals surface area contributed by atoms with Crippen molar-refractivity contribution in [2.75, 3.05) is 20.1 Å². The number of sulfonamides is 1. The van der Waals surface area contributed by atoms with Crippen molar-refractivity contribution < 1.29 is 18.0 Å². The molecule has 0 saturated heterocycles. The van der Waals surface area contributed by atoms with E-state index in [-0.39, 0.29) is 29.8 Å². The van der Waals surface area contributed by atoms with Crippen molar-refractivity contribution in [2.45, 2.75) is 45.2 Å². The number of amides is 2. The lowest BCUT2D eigenvalue weighted by Gasteiger charge is -2.30. The largest absolute Gasteiger partial charge is 0.354 e. The standard InChI is InChI=1S/C24H32BrN3O4S/c1-17(2)14-26-24(30)19(4)28(15-20-7-6-8-21(25)13-20)23(29)16-27(5)33(31,32)22-11-9-18(3)10-12-22/h6-13,17,19H,14-16H2,1-5H3,(H,26,30). The molecule has 9 heteroatoms. The number of hydrogen-bond donors (Lipinski definition) is 1. The second kappa shape index (κ2) is 11.8. The Labute approximate surface area is 205 Å². The average Bonchev–Trinajstić information content (AvgIpc) is 2.75. The summed E-state index contributed by atoms with van der Waals surface area (Å²) < 4.78 is 27.8. The molecule has 2 aromatic rings. The molecule has 1 N–H and O–H groups in total. The number of nitrogens with zero attached hydrogens (tertiary/aromatic N) is 2. The monoisotopic (exact) mass is 537 g/mol. The Morgan fingerprint density at radius 3 is 2.27 bits per heavy atom. The van der Waals surface area contributed by atoms with Crippen molar-refractivity contribution >= 4 is 37.8 Å². The first kappa shape index (κ1) is 27.0.